The summed E-state index contributed by atoms with van der Waals surface area (Å²) in [5.41, 5.74) is 8.26. The van der Waals surface area contributed by atoms with Crippen molar-refractivity contribution in [2.75, 3.05) is 30.8 Å². The van der Waals surface area contributed by atoms with Crippen molar-refractivity contribution in [1.29, 1.82) is 0 Å². The highest BCUT2D eigenvalue weighted by Gasteiger charge is 2.22. The van der Waals surface area contributed by atoms with E-state index in [0.717, 1.165) is 61.0 Å². The van der Waals surface area contributed by atoms with Crippen LogP contribution in [0.2, 0.25) is 0 Å². The lowest BCUT2D eigenvalue weighted by Gasteiger charge is -2.32. The summed E-state index contributed by atoms with van der Waals surface area (Å²) in [5, 5.41) is 5.04. The first-order valence-corrected chi connectivity index (χ1v) is 9.47. The summed E-state index contributed by atoms with van der Waals surface area (Å²) in [6, 6.07) is 8.39. The molecule has 0 bridgehead atoms. The highest BCUT2D eigenvalue weighted by molar-refractivity contribution is 5.86. The number of hydrogen-bond donors (Lipinski definition) is 1. The summed E-state index contributed by atoms with van der Waals surface area (Å²) >= 11 is 0. The minimum Gasteiger partial charge on any atom is -0.497 e. The fourth-order valence-corrected chi connectivity index (χ4v) is 3.76. The molecule has 3 aromatic rings. The first kappa shape index (κ1) is 17.6. The molecule has 1 fully saturated rings. The molecule has 4 rings (SSSR count). The van der Waals surface area contributed by atoms with Crippen molar-refractivity contribution in [3.05, 3.63) is 36.0 Å². The van der Waals surface area contributed by atoms with E-state index in [4.69, 9.17) is 10.5 Å². The third-order valence-electron chi connectivity index (χ3n) is 5.51. The predicted molar refractivity (Wildman–Crippen MR) is 107 cm³/mol. The highest BCUT2D eigenvalue weighted by atomic mass is 16.5. The second-order valence-electron chi connectivity index (χ2n) is 7.23. The van der Waals surface area contributed by atoms with Gasteiger partial charge in [0, 0.05) is 20.1 Å². The van der Waals surface area contributed by atoms with E-state index in [2.05, 4.69) is 32.1 Å². The normalized spacial score (nSPS) is 15.4. The molecule has 0 saturated carbocycles. The van der Waals surface area contributed by atoms with Gasteiger partial charge in [-0.2, -0.15) is 15.1 Å². The number of rotatable bonds is 5. The van der Waals surface area contributed by atoms with Crippen molar-refractivity contribution in [3.8, 4) is 5.75 Å². The zero-order valence-electron chi connectivity index (χ0n) is 15.9. The predicted octanol–water partition coefficient (Wildman–Crippen LogP) is 2.80. The maximum atomic E-state index is 6.10. The number of aryl methyl sites for hydroxylation is 2. The lowest BCUT2D eigenvalue weighted by Crippen LogP contribution is -2.35. The Labute approximate surface area is 159 Å². The number of piperidine rings is 1. The average Bonchev–Trinajstić information content (AvgIpc) is 3.08. The Kier molecular flexibility index (Phi) is 4.83. The second kappa shape index (κ2) is 7.42. The van der Waals surface area contributed by atoms with Crippen LogP contribution in [0.15, 0.2) is 30.5 Å². The summed E-state index contributed by atoms with van der Waals surface area (Å²) in [6.07, 6.45) is 6.36. The van der Waals surface area contributed by atoms with Crippen LogP contribution in [0.25, 0.3) is 11.0 Å². The topological polar surface area (TPSA) is 82.1 Å². The largest absolute Gasteiger partial charge is 0.497 e. The van der Waals surface area contributed by atoms with Crippen LogP contribution in [0.1, 0.15) is 24.8 Å². The second-order valence-corrected chi connectivity index (χ2v) is 7.23. The molecular weight excluding hydrogens is 340 g/mol. The molecule has 0 unspecified atom stereocenters. The van der Waals surface area contributed by atoms with Crippen LogP contribution in [-0.4, -0.2) is 39.9 Å². The van der Waals surface area contributed by atoms with Gasteiger partial charge in [0.2, 0.25) is 5.95 Å². The standard InChI is InChI=1S/C20H26N6O/c1-25-19-17(13-22-25)18(21)23-20(24-19)26-11-9-15(10-12-26)4-3-14-5-7-16(27-2)8-6-14/h5-8,13,15H,3-4,9-12H2,1-2H3,(H2,21,23,24). The van der Waals surface area contributed by atoms with Crippen LogP contribution in [0, 0.1) is 5.92 Å². The fraction of sp³-hybridized carbons (Fsp3) is 0.450. The van der Waals surface area contributed by atoms with Crippen LogP contribution < -0.4 is 15.4 Å². The first-order chi connectivity index (χ1) is 13.1. The molecule has 0 spiro atoms. The molecule has 7 heteroatoms. The van der Waals surface area contributed by atoms with Gasteiger partial charge in [-0.25, -0.2) is 0 Å². The molecule has 7 nitrogen and oxygen atoms in total. The van der Waals surface area contributed by atoms with E-state index in [1.165, 1.54) is 12.0 Å². The zero-order chi connectivity index (χ0) is 18.8. The van der Waals surface area contributed by atoms with Crippen molar-refractivity contribution in [2.24, 2.45) is 13.0 Å². The van der Waals surface area contributed by atoms with Crippen LogP contribution in [-0.2, 0) is 13.5 Å². The Morgan fingerprint density at radius 2 is 1.89 bits per heavy atom. The van der Waals surface area contributed by atoms with Gasteiger partial charge in [0.05, 0.1) is 18.7 Å². The summed E-state index contributed by atoms with van der Waals surface area (Å²) in [4.78, 5) is 11.4. The summed E-state index contributed by atoms with van der Waals surface area (Å²) in [7, 11) is 3.58. The van der Waals surface area contributed by atoms with Crippen LogP contribution in [0.4, 0.5) is 11.8 Å². The van der Waals surface area contributed by atoms with Crippen molar-refractivity contribution < 1.29 is 4.74 Å². The Balaban J connectivity index is 1.35. The lowest BCUT2D eigenvalue weighted by atomic mass is 9.90. The minimum atomic E-state index is 0.504. The number of nitrogens with two attached hydrogens (primary N) is 1. The van der Waals surface area contributed by atoms with Gasteiger partial charge in [0.25, 0.3) is 0 Å². The molecule has 3 heterocycles. The molecule has 0 amide bonds. The molecule has 142 valence electrons. The molecule has 1 saturated heterocycles. The van der Waals surface area contributed by atoms with E-state index in [1.54, 1.807) is 18.0 Å². The Hall–Kier alpha value is -2.83. The summed E-state index contributed by atoms with van der Waals surface area (Å²) < 4.78 is 6.97. The molecule has 1 aliphatic rings. The van der Waals surface area contributed by atoms with Gasteiger partial charge in [0.15, 0.2) is 5.65 Å². The Morgan fingerprint density at radius 1 is 1.15 bits per heavy atom. The van der Waals surface area contributed by atoms with Gasteiger partial charge in [-0.1, -0.05) is 12.1 Å². The van der Waals surface area contributed by atoms with Gasteiger partial charge in [-0.3, -0.25) is 4.68 Å². The maximum Gasteiger partial charge on any atom is 0.229 e. The van der Waals surface area contributed by atoms with Crippen molar-refractivity contribution >= 4 is 22.8 Å². The SMILES string of the molecule is COc1ccc(CCC2CCN(c3nc(N)c4cnn(C)c4n3)CC2)cc1. The number of nitrogens with zero attached hydrogens (tertiary/aromatic N) is 5. The molecule has 2 N–H and O–H groups in total. The van der Waals surface area contributed by atoms with Crippen molar-refractivity contribution in [2.45, 2.75) is 25.7 Å². The fourth-order valence-electron chi connectivity index (χ4n) is 3.76. The van der Waals surface area contributed by atoms with E-state index in [1.807, 2.05) is 19.2 Å². The number of anilines is 2. The van der Waals surface area contributed by atoms with E-state index in [9.17, 15) is 0 Å². The number of hydrogen-bond acceptors (Lipinski definition) is 6. The van der Waals surface area contributed by atoms with Crippen LogP contribution in [0.5, 0.6) is 5.75 Å². The third-order valence-corrected chi connectivity index (χ3v) is 5.51. The third kappa shape index (κ3) is 3.67. The Morgan fingerprint density at radius 3 is 2.59 bits per heavy atom. The molecule has 0 aliphatic carbocycles. The molecule has 1 aromatic carbocycles. The van der Waals surface area contributed by atoms with Gasteiger partial charge in [0.1, 0.15) is 11.6 Å². The first-order valence-electron chi connectivity index (χ1n) is 9.47. The molecule has 27 heavy (non-hydrogen) atoms. The van der Waals surface area contributed by atoms with Gasteiger partial charge in [-0.05, 0) is 49.3 Å². The molecule has 2 aromatic heterocycles. The maximum absolute atomic E-state index is 6.10. The van der Waals surface area contributed by atoms with Crippen LogP contribution >= 0.6 is 0 Å². The van der Waals surface area contributed by atoms with Gasteiger partial charge < -0.3 is 15.4 Å². The number of fused-ring (bicyclic) bond motifs is 1. The van der Waals surface area contributed by atoms with Crippen molar-refractivity contribution in [3.63, 3.8) is 0 Å². The van der Waals surface area contributed by atoms with Gasteiger partial charge >= 0.3 is 0 Å². The number of ether oxygens (including phenoxy) is 1. The summed E-state index contributed by atoms with van der Waals surface area (Å²) in [6.45, 7) is 1.94. The number of aromatic nitrogens is 4. The Bertz CT molecular complexity index is 912. The minimum absolute atomic E-state index is 0.504. The molecule has 0 atom stereocenters. The van der Waals surface area contributed by atoms with E-state index in [0.29, 0.717) is 5.82 Å². The van der Waals surface area contributed by atoms with Crippen molar-refractivity contribution in [1.82, 2.24) is 19.7 Å². The number of methoxy groups -OCH3 is 1. The zero-order valence-corrected chi connectivity index (χ0v) is 15.9. The van der Waals surface area contributed by atoms with E-state index < -0.39 is 0 Å². The van der Waals surface area contributed by atoms with Crippen LogP contribution in [0.3, 0.4) is 0 Å². The smallest absolute Gasteiger partial charge is 0.229 e. The number of benzene rings is 1. The van der Waals surface area contributed by atoms with E-state index in [-0.39, 0.29) is 0 Å². The highest BCUT2D eigenvalue weighted by Crippen LogP contribution is 2.27. The van der Waals surface area contributed by atoms with Gasteiger partial charge in [-0.15, -0.1) is 0 Å². The van der Waals surface area contributed by atoms with E-state index >= 15 is 0 Å². The average molecular weight is 366 g/mol. The monoisotopic (exact) mass is 366 g/mol. The molecular formula is C20H26N6O. The summed E-state index contributed by atoms with van der Waals surface area (Å²) in [5.74, 6) is 2.87. The molecule has 1 aliphatic heterocycles. The molecule has 0 radical (unpaired) electrons. The number of nitrogen functional groups attached to an aromatic ring is 1. The lowest BCUT2D eigenvalue weighted by molar-refractivity contribution is 0.379. The quantitative estimate of drug-likeness (QED) is 0.748.